The molecule has 0 N–H and O–H groups in total. The van der Waals surface area contributed by atoms with Crippen LogP contribution in [-0.2, 0) is 4.79 Å². The minimum Gasteiger partial charge on any atom is -0.425 e. The molecule has 1 aliphatic heterocycles. The third-order valence-electron chi connectivity index (χ3n) is 4.74. The van der Waals surface area contributed by atoms with E-state index < -0.39 is 0 Å². The van der Waals surface area contributed by atoms with Crippen molar-refractivity contribution in [3.8, 4) is 0 Å². The molecule has 1 saturated heterocycles. The van der Waals surface area contributed by atoms with Gasteiger partial charge in [0.1, 0.15) is 0 Å². The number of aromatic nitrogens is 3. The van der Waals surface area contributed by atoms with Crippen LogP contribution in [0.15, 0.2) is 33.0 Å². The summed E-state index contributed by atoms with van der Waals surface area (Å²) in [5, 5.41) is 8.32. The smallest absolute Gasteiger partial charge is 0.233 e. The molecule has 1 aromatic carbocycles. The van der Waals surface area contributed by atoms with Crippen molar-refractivity contribution in [3.63, 3.8) is 0 Å². The molecule has 4 rings (SSSR count). The van der Waals surface area contributed by atoms with Crippen molar-refractivity contribution >= 4 is 39.2 Å². The first-order valence-electron chi connectivity index (χ1n) is 9.19. The molecule has 1 amide bonds. The largest absolute Gasteiger partial charge is 0.425 e. The summed E-state index contributed by atoms with van der Waals surface area (Å²) in [6.45, 7) is 5.57. The molecule has 3 aromatic rings. The molecule has 6 nitrogen and oxygen atoms in total. The highest BCUT2D eigenvalue weighted by Crippen LogP contribution is 2.31. The summed E-state index contributed by atoms with van der Waals surface area (Å²) in [7, 11) is 0. The highest BCUT2D eigenvalue weighted by molar-refractivity contribution is 8.01. The molecule has 0 unspecified atom stereocenters. The zero-order chi connectivity index (χ0) is 18.8. The van der Waals surface area contributed by atoms with Gasteiger partial charge in [-0.3, -0.25) is 4.79 Å². The maximum absolute atomic E-state index is 12.6. The number of thiazole rings is 1. The number of para-hydroxylation sites is 1. The summed E-state index contributed by atoms with van der Waals surface area (Å²) in [6, 6.07) is 8.06. The summed E-state index contributed by atoms with van der Waals surface area (Å²) < 4.78 is 7.89. The van der Waals surface area contributed by atoms with Gasteiger partial charge in [-0.1, -0.05) is 37.7 Å². The maximum atomic E-state index is 12.6. The quantitative estimate of drug-likeness (QED) is 0.593. The predicted octanol–water partition coefficient (Wildman–Crippen LogP) is 4.30. The number of benzene rings is 1. The third kappa shape index (κ3) is 4.16. The van der Waals surface area contributed by atoms with E-state index in [1.807, 2.05) is 36.9 Å². The number of hydrogen-bond acceptors (Lipinski definition) is 7. The van der Waals surface area contributed by atoms with Gasteiger partial charge in [0.2, 0.25) is 17.7 Å². The van der Waals surface area contributed by atoms with Crippen LogP contribution in [0.25, 0.3) is 10.2 Å². The molecule has 8 heteroatoms. The Bertz CT molecular complexity index is 896. The van der Waals surface area contributed by atoms with Gasteiger partial charge >= 0.3 is 0 Å². The second-order valence-electron chi connectivity index (χ2n) is 7.02. The van der Waals surface area contributed by atoms with E-state index in [9.17, 15) is 4.79 Å². The molecule has 0 radical (unpaired) electrons. The van der Waals surface area contributed by atoms with Crippen LogP contribution >= 0.6 is 23.1 Å². The van der Waals surface area contributed by atoms with Crippen LogP contribution in [0.4, 0.5) is 0 Å². The zero-order valence-corrected chi connectivity index (χ0v) is 17.1. The van der Waals surface area contributed by atoms with Gasteiger partial charge in [0, 0.05) is 24.9 Å². The van der Waals surface area contributed by atoms with E-state index in [0.29, 0.717) is 11.6 Å². The van der Waals surface area contributed by atoms with E-state index >= 15 is 0 Å². The number of nitrogens with zero attached hydrogens (tertiary/aromatic N) is 4. The lowest BCUT2D eigenvalue weighted by atomic mass is 9.97. The van der Waals surface area contributed by atoms with E-state index in [2.05, 4.69) is 21.2 Å². The molecule has 0 saturated carbocycles. The fourth-order valence-electron chi connectivity index (χ4n) is 3.15. The second-order valence-corrected chi connectivity index (χ2v) is 9.28. The average Bonchev–Trinajstić information content (AvgIpc) is 3.33. The van der Waals surface area contributed by atoms with E-state index in [1.54, 1.807) is 11.3 Å². The lowest BCUT2D eigenvalue weighted by molar-refractivity contribution is -0.129. The van der Waals surface area contributed by atoms with Crippen molar-refractivity contribution in [2.75, 3.05) is 18.8 Å². The van der Waals surface area contributed by atoms with Crippen LogP contribution in [0.3, 0.4) is 0 Å². The molecular formula is C19H22N4O2S2. The Labute approximate surface area is 166 Å². The molecule has 142 valence electrons. The van der Waals surface area contributed by atoms with Gasteiger partial charge in [0.05, 0.1) is 16.0 Å². The number of rotatable bonds is 5. The lowest BCUT2D eigenvalue weighted by Gasteiger charge is -2.30. The summed E-state index contributed by atoms with van der Waals surface area (Å²) in [5.74, 6) is 2.51. The molecule has 3 heterocycles. The number of carbonyl (C=O) groups excluding carboxylic acids is 1. The van der Waals surface area contributed by atoms with Crippen molar-refractivity contribution in [1.29, 1.82) is 0 Å². The standard InChI is InChI=1S/C19H22N4O2S2/c1-12(2)17-21-22-18(25-17)13-7-9-23(10-8-13)16(24)11-26-19-20-14-5-3-4-6-15(14)27-19/h3-6,12-13H,7-11H2,1-2H3. The summed E-state index contributed by atoms with van der Waals surface area (Å²) in [5.41, 5.74) is 0.999. The van der Waals surface area contributed by atoms with Gasteiger partial charge in [-0.2, -0.15) is 0 Å². The first-order valence-corrected chi connectivity index (χ1v) is 11.0. The van der Waals surface area contributed by atoms with Gasteiger partial charge in [0.25, 0.3) is 0 Å². The van der Waals surface area contributed by atoms with Crippen molar-refractivity contribution in [2.24, 2.45) is 0 Å². The van der Waals surface area contributed by atoms with E-state index in [-0.39, 0.29) is 17.7 Å². The lowest BCUT2D eigenvalue weighted by Crippen LogP contribution is -2.39. The molecule has 2 aromatic heterocycles. The number of piperidine rings is 1. The Morgan fingerprint density at radius 1 is 1.30 bits per heavy atom. The first-order chi connectivity index (χ1) is 13.1. The van der Waals surface area contributed by atoms with Crippen molar-refractivity contribution in [3.05, 3.63) is 36.0 Å². The summed E-state index contributed by atoms with van der Waals surface area (Å²) >= 11 is 3.17. The van der Waals surface area contributed by atoms with Gasteiger partial charge in [-0.05, 0) is 25.0 Å². The number of fused-ring (bicyclic) bond motifs is 1. The predicted molar refractivity (Wildman–Crippen MR) is 107 cm³/mol. The highest BCUT2D eigenvalue weighted by atomic mass is 32.2. The Hall–Kier alpha value is -1.93. The van der Waals surface area contributed by atoms with Crippen LogP contribution in [0.1, 0.15) is 50.3 Å². The molecule has 27 heavy (non-hydrogen) atoms. The topological polar surface area (TPSA) is 72.1 Å². The Morgan fingerprint density at radius 2 is 2.07 bits per heavy atom. The van der Waals surface area contributed by atoms with Gasteiger partial charge in [0.15, 0.2) is 4.34 Å². The van der Waals surface area contributed by atoms with Gasteiger partial charge in [-0.15, -0.1) is 21.5 Å². The SMILES string of the molecule is CC(C)c1nnc(C2CCN(C(=O)CSc3nc4ccccc4s3)CC2)o1. The molecule has 0 bridgehead atoms. The Balaban J connectivity index is 1.29. The van der Waals surface area contributed by atoms with Gasteiger partial charge < -0.3 is 9.32 Å². The average molecular weight is 403 g/mol. The molecule has 0 atom stereocenters. The molecule has 0 spiro atoms. The van der Waals surface area contributed by atoms with Crippen molar-refractivity contribution in [2.45, 2.75) is 42.9 Å². The fourth-order valence-corrected chi connectivity index (χ4v) is 5.12. The monoisotopic (exact) mass is 402 g/mol. The summed E-state index contributed by atoms with van der Waals surface area (Å²) in [6.07, 6.45) is 1.74. The first kappa shape index (κ1) is 18.4. The zero-order valence-electron chi connectivity index (χ0n) is 15.4. The third-order valence-corrected chi connectivity index (χ3v) is 6.90. The fraction of sp³-hybridized carbons (Fsp3) is 0.474. The molecular weight excluding hydrogens is 380 g/mol. The number of amides is 1. The Morgan fingerprint density at radius 3 is 2.78 bits per heavy atom. The maximum Gasteiger partial charge on any atom is 0.233 e. The number of likely N-dealkylation sites (tertiary alicyclic amines) is 1. The second kappa shape index (κ2) is 7.98. The van der Waals surface area contributed by atoms with E-state index in [4.69, 9.17) is 4.42 Å². The molecule has 1 fully saturated rings. The number of thioether (sulfide) groups is 1. The number of hydrogen-bond donors (Lipinski definition) is 0. The van der Waals surface area contributed by atoms with Crippen LogP contribution in [0.5, 0.6) is 0 Å². The minimum absolute atomic E-state index is 0.172. The normalized spacial score (nSPS) is 15.7. The van der Waals surface area contributed by atoms with Crippen molar-refractivity contribution in [1.82, 2.24) is 20.1 Å². The minimum atomic E-state index is 0.172. The number of carbonyl (C=O) groups is 1. The van der Waals surface area contributed by atoms with E-state index in [0.717, 1.165) is 46.4 Å². The summed E-state index contributed by atoms with van der Waals surface area (Å²) in [4.78, 5) is 19.1. The molecule has 1 aliphatic rings. The van der Waals surface area contributed by atoms with Crippen LogP contribution < -0.4 is 0 Å². The van der Waals surface area contributed by atoms with Crippen molar-refractivity contribution < 1.29 is 9.21 Å². The van der Waals surface area contributed by atoms with Crippen LogP contribution in [0.2, 0.25) is 0 Å². The Kier molecular flexibility index (Phi) is 5.45. The molecule has 0 aliphatic carbocycles. The van der Waals surface area contributed by atoms with Gasteiger partial charge in [-0.25, -0.2) is 4.98 Å². The van der Waals surface area contributed by atoms with Crippen LogP contribution in [0, 0.1) is 0 Å². The van der Waals surface area contributed by atoms with Crippen LogP contribution in [-0.4, -0.2) is 44.8 Å². The van der Waals surface area contributed by atoms with E-state index in [1.165, 1.54) is 11.8 Å². The highest BCUT2D eigenvalue weighted by Gasteiger charge is 2.27.